The van der Waals surface area contributed by atoms with E-state index in [1.807, 2.05) is 4.90 Å². The topological polar surface area (TPSA) is 92.3 Å². The van der Waals surface area contributed by atoms with Gasteiger partial charge in [0, 0.05) is 33.4 Å². The van der Waals surface area contributed by atoms with Crippen molar-refractivity contribution in [1.29, 1.82) is 0 Å². The number of rotatable bonds is 5. The fourth-order valence-corrected chi connectivity index (χ4v) is 1.65. The SMILES string of the molecule is COCCCN=C(NN)N1CCOC(CO)C1. The number of morpholine rings is 1. The predicted molar refractivity (Wildman–Crippen MR) is 64.5 cm³/mol. The molecule has 1 fully saturated rings. The maximum atomic E-state index is 9.05. The molecule has 0 spiro atoms. The van der Waals surface area contributed by atoms with E-state index in [2.05, 4.69) is 10.4 Å². The molecule has 1 aliphatic rings. The second kappa shape index (κ2) is 8.24. The van der Waals surface area contributed by atoms with Crippen molar-refractivity contribution < 1.29 is 14.6 Å². The first-order chi connectivity index (χ1) is 8.31. The Morgan fingerprint density at radius 3 is 3.18 bits per heavy atom. The maximum Gasteiger partial charge on any atom is 0.208 e. The van der Waals surface area contributed by atoms with Gasteiger partial charge in [-0.2, -0.15) is 0 Å². The molecule has 0 bridgehead atoms. The number of aliphatic hydroxyl groups excluding tert-OH is 1. The molecule has 0 aromatic heterocycles. The lowest BCUT2D eigenvalue weighted by Crippen LogP contribution is -2.53. The zero-order chi connectivity index (χ0) is 12.5. The van der Waals surface area contributed by atoms with E-state index in [1.54, 1.807) is 7.11 Å². The van der Waals surface area contributed by atoms with E-state index in [1.165, 1.54) is 0 Å². The van der Waals surface area contributed by atoms with Gasteiger partial charge in [-0.3, -0.25) is 10.4 Å². The molecule has 7 nitrogen and oxygen atoms in total. The minimum Gasteiger partial charge on any atom is -0.394 e. The Kier molecular flexibility index (Phi) is 6.87. The molecule has 0 saturated carbocycles. The Hall–Kier alpha value is -0.890. The van der Waals surface area contributed by atoms with Crippen LogP contribution in [0.25, 0.3) is 0 Å². The molecule has 0 amide bonds. The molecule has 17 heavy (non-hydrogen) atoms. The van der Waals surface area contributed by atoms with Crippen molar-refractivity contribution in [2.45, 2.75) is 12.5 Å². The lowest BCUT2D eigenvalue weighted by atomic mass is 10.3. The minimum atomic E-state index is -0.165. The van der Waals surface area contributed by atoms with Crippen LogP contribution >= 0.6 is 0 Å². The summed E-state index contributed by atoms with van der Waals surface area (Å²) in [7, 11) is 1.67. The Morgan fingerprint density at radius 1 is 1.71 bits per heavy atom. The lowest BCUT2D eigenvalue weighted by molar-refractivity contribution is -0.0349. The molecule has 1 unspecified atom stereocenters. The van der Waals surface area contributed by atoms with Crippen LogP contribution < -0.4 is 11.3 Å². The van der Waals surface area contributed by atoms with Crippen molar-refractivity contribution >= 4 is 5.96 Å². The Bertz CT molecular complexity index is 238. The van der Waals surface area contributed by atoms with Gasteiger partial charge in [0.15, 0.2) is 0 Å². The zero-order valence-corrected chi connectivity index (χ0v) is 10.3. The third kappa shape index (κ3) is 4.86. The van der Waals surface area contributed by atoms with Gasteiger partial charge in [0.25, 0.3) is 0 Å². The minimum absolute atomic E-state index is 0.0119. The summed E-state index contributed by atoms with van der Waals surface area (Å²) < 4.78 is 10.3. The van der Waals surface area contributed by atoms with Gasteiger partial charge in [0.05, 0.1) is 19.3 Å². The first-order valence-electron chi connectivity index (χ1n) is 5.79. The van der Waals surface area contributed by atoms with Crippen molar-refractivity contribution in [3.8, 4) is 0 Å². The van der Waals surface area contributed by atoms with Crippen molar-refractivity contribution in [2.24, 2.45) is 10.8 Å². The predicted octanol–water partition coefficient (Wildman–Crippen LogP) is -1.46. The highest BCUT2D eigenvalue weighted by Crippen LogP contribution is 2.04. The zero-order valence-electron chi connectivity index (χ0n) is 10.3. The van der Waals surface area contributed by atoms with Crippen LogP contribution in [0.1, 0.15) is 6.42 Å². The summed E-state index contributed by atoms with van der Waals surface area (Å²) in [5.41, 5.74) is 2.59. The van der Waals surface area contributed by atoms with E-state index in [4.69, 9.17) is 20.4 Å². The summed E-state index contributed by atoms with van der Waals surface area (Å²) >= 11 is 0. The highest BCUT2D eigenvalue weighted by atomic mass is 16.5. The standard InChI is InChI=1S/C10H22N4O3/c1-16-5-2-3-12-10(13-11)14-4-6-17-9(7-14)8-15/h9,15H,2-8,11H2,1H3,(H,12,13). The van der Waals surface area contributed by atoms with Crippen LogP contribution in [0.2, 0.25) is 0 Å². The molecule has 7 heteroatoms. The van der Waals surface area contributed by atoms with Gasteiger partial charge in [0.1, 0.15) is 0 Å². The second-order valence-electron chi connectivity index (χ2n) is 3.82. The number of hydrogen-bond acceptors (Lipinski definition) is 5. The third-order valence-electron chi connectivity index (χ3n) is 2.54. The molecule has 1 atom stereocenters. The van der Waals surface area contributed by atoms with Crippen LogP contribution in [-0.2, 0) is 9.47 Å². The number of hydrogen-bond donors (Lipinski definition) is 3. The van der Waals surface area contributed by atoms with E-state index in [0.717, 1.165) is 13.0 Å². The summed E-state index contributed by atoms with van der Waals surface area (Å²) in [5.74, 6) is 6.09. The van der Waals surface area contributed by atoms with Crippen LogP contribution in [0.15, 0.2) is 4.99 Å². The van der Waals surface area contributed by atoms with Crippen LogP contribution in [0, 0.1) is 0 Å². The number of aliphatic imine (C=N–C) groups is 1. The summed E-state index contributed by atoms with van der Waals surface area (Å²) in [5, 5.41) is 9.05. The normalized spacial score (nSPS) is 21.7. The van der Waals surface area contributed by atoms with Crippen molar-refractivity contribution in [2.75, 3.05) is 46.6 Å². The van der Waals surface area contributed by atoms with Gasteiger partial charge in [-0.25, -0.2) is 5.84 Å². The molecule has 4 N–H and O–H groups in total. The van der Waals surface area contributed by atoms with Crippen molar-refractivity contribution in [3.63, 3.8) is 0 Å². The smallest absolute Gasteiger partial charge is 0.208 e. The fraction of sp³-hybridized carbons (Fsp3) is 0.900. The van der Waals surface area contributed by atoms with Crippen LogP contribution in [0.4, 0.5) is 0 Å². The molecule has 0 aliphatic carbocycles. The molecule has 0 radical (unpaired) electrons. The van der Waals surface area contributed by atoms with E-state index in [-0.39, 0.29) is 12.7 Å². The number of hydrazine groups is 1. The number of nitrogens with one attached hydrogen (secondary N) is 1. The molecule has 1 aliphatic heterocycles. The Labute approximate surface area is 102 Å². The van der Waals surface area contributed by atoms with E-state index in [9.17, 15) is 0 Å². The van der Waals surface area contributed by atoms with E-state index >= 15 is 0 Å². The average molecular weight is 246 g/mol. The number of ether oxygens (including phenoxy) is 2. The van der Waals surface area contributed by atoms with Gasteiger partial charge < -0.3 is 19.5 Å². The van der Waals surface area contributed by atoms with Crippen LogP contribution in [0.5, 0.6) is 0 Å². The highest BCUT2D eigenvalue weighted by Gasteiger charge is 2.21. The number of methoxy groups -OCH3 is 1. The fourth-order valence-electron chi connectivity index (χ4n) is 1.65. The van der Waals surface area contributed by atoms with E-state index in [0.29, 0.717) is 32.3 Å². The first kappa shape index (κ1) is 14.2. The van der Waals surface area contributed by atoms with Gasteiger partial charge >= 0.3 is 0 Å². The number of nitrogens with zero attached hydrogens (tertiary/aromatic N) is 2. The van der Waals surface area contributed by atoms with Crippen LogP contribution in [0.3, 0.4) is 0 Å². The molecule has 100 valence electrons. The summed E-state index contributed by atoms with van der Waals surface area (Å²) in [6.07, 6.45) is 0.691. The Morgan fingerprint density at radius 2 is 2.53 bits per heavy atom. The summed E-state index contributed by atoms with van der Waals surface area (Å²) in [6, 6.07) is 0. The van der Waals surface area contributed by atoms with Crippen molar-refractivity contribution in [3.05, 3.63) is 0 Å². The van der Waals surface area contributed by atoms with E-state index < -0.39 is 0 Å². The number of nitrogens with two attached hydrogens (primary N) is 1. The largest absolute Gasteiger partial charge is 0.394 e. The van der Waals surface area contributed by atoms with Gasteiger partial charge in [-0.15, -0.1) is 0 Å². The monoisotopic (exact) mass is 246 g/mol. The van der Waals surface area contributed by atoms with Gasteiger partial charge in [0.2, 0.25) is 5.96 Å². The molecule has 0 aromatic carbocycles. The summed E-state index contributed by atoms with van der Waals surface area (Å²) in [6.45, 7) is 3.26. The average Bonchev–Trinajstić information content (AvgIpc) is 2.39. The highest BCUT2D eigenvalue weighted by molar-refractivity contribution is 5.79. The maximum absolute atomic E-state index is 9.05. The van der Waals surface area contributed by atoms with Crippen LogP contribution in [-0.4, -0.2) is 68.6 Å². The third-order valence-corrected chi connectivity index (χ3v) is 2.54. The second-order valence-corrected chi connectivity index (χ2v) is 3.82. The van der Waals surface area contributed by atoms with Crippen molar-refractivity contribution in [1.82, 2.24) is 10.3 Å². The van der Waals surface area contributed by atoms with Gasteiger partial charge in [-0.05, 0) is 6.42 Å². The number of guanidine groups is 1. The molecule has 1 saturated heterocycles. The summed E-state index contributed by atoms with van der Waals surface area (Å²) in [4.78, 5) is 6.34. The van der Waals surface area contributed by atoms with Gasteiger partial charge in [-0.1, -0.05) is 0 Å². The Balaban J connectivity index is 2.42. The first-order valence-corrected chi connectivity index (χ1v) is 5.79. The molecular weight excluding hydrogens is 224 g/mol. The molecular formula is C10H22N4O3. The quantitative estimate of drug-likeness (QED) is 0.180. The molecule has 1 rings (SSSR count). The lowest BCUT2D eigenvalue weighted by Gasteiger charge is -2.33. The molecule has 1 heterocycles. The number of aliphatic hydroxyl groups is 1. The molecule has 0 aromatic rings.